The first-order valence-corrected chi connectivity index (χ1v) is 10.9. The minimum absolute atomic E-state index is 0.0611. The van der Waals surface area contributed by atoms with Gasteiger partial charge >= 0.3 is 0 Å². The van der Waals surface area contributed by atoms with Gasteiger partial charge in [0.25, 0.3) is 5.91 Å². The van der Waals surface area contributed by atoms with Gasteiger partial charge in [0.1, 0.15) is 11.4 Å². The molecule has 1 aliphatic rings. The SMILES string of the molecule is C=C(NC)/C(C)=C\C=C(/C)CNCC1(F)CCN(C(=O)c2ccc(SF)c(O)c2)CC1. The van der Waals surface area contributed by atoms with Crippen LogP contribution in [0.2, 0.25) is 0 Å². The van der Waals surface area contributed by atoms with Crippen LogP contribution in [0.1, 0.15) is 37.0 Å². The van der Waals surface area contributed by atoms with Crippen LogP contribution in [-0.2, 0) is 0 Å². The molecule has 0 aromatic heterocycles. The molecule has 1 heterocycles. The monoisotopic (exact) mass is 451 g/mol. The fourth-order valence-electron chi connectivity index (χ4n) is 3.29. The molecule has 170 valence electrons. The molecule has 1 aliphatic heterocycles. The largest absolute Gasteiger partial charge is 0.507 e. The van der Waals surface area contributed by atoms with Crippen molar-refractivity contribution in [1.29, 1.82) is 0 Å². The molecule has 0 spiro atoms. The number of alkyl halides is 1. The molecule has 3 N–H and O–H groups in total. The van der Waals surface area contributed by atoms with E-state index in [9.17, 15) is 13.8 Å². The van der Waals surface area contributed by atoms with Crippen LogP contribution in [0.25, 0.3) is 0 Å². The van der Waals surface area contributed by atoms with Gasteiger partial charge in [-0.15, -0.1) is 0 Å². The molecule has 1 fully saturated rings. The Bertz CT molecular complexity index is 862. The molecule has 2 rings (SSSR count). The second-order valence-electron chi connectivity index (χ2n) is 7.90. The number of piperidine rings is 1. The Balaban J connectivity index is 1.83. The normalized spacial score (nSPS) is 16.9. The molecular weight excluding hydrogens is 420 g/mol. The molecule has 0 radical (unpaired) electrons. The quantitative estimate of drug-likeness (QED) is 0.482. The highest BCUT2D eigenvalue weighted by molar-refractivity contribution is 7.94. The number of allylic oxidation sites excluding steroid dienone is 3. The number of nitrogens with zero attached hydrogens (tertiary/aromatic N) is 1. The van der Waals surface area contributed by atoms with Crippen molar-refractivity contribution < 1.29 is 18.2 Å². The fraction of sp³-hybridized carbons (Fsp3) is 0.435. The summed E-state index contributed by atoms with van der Waals surface area (Å²) < 4.78 is 27.8. The topological polar surface area (TPSA) is 64.6 Å². The smallest absolute Gasteiger partial charge is 0.253 e. The van der Waals surface area contributed by atoms with Gasteiger partial charge in [-0.3, -0.25) is 4.79 Å². The molecule has 0 unspecified atom stereocenters. The summed E-state index contributed by atoms with van der Waals surface area (Å²) in [6.07, 6.45) is 4.43. The fourth-order valence-corrected chi connectivity index (χ4v) is 3.55. The van der Waals surface area contributed by atoms with Crippen LogP contribution in [0.3, 0.4) is 0 Å². The van der Waals surface area contributed by atoms with Crippen molar-refractivity contribution in [3.8, 4) is 5.75 Å². The molecule has 0 atom stereocenters. The highest BCUT2D eigenvalue weighted by atomic mass is 32.2. The summed E-state index contributed by atoms with van der Waals surface area (Å²) in [5.74, 6) is -0.562. The predicted molar refractivity (Wildman–Crippen MR) is 123 cm³/mol. The third-order valence-corrected chi connectivity index (χ3v) is 5.99. The molecule has 1 saturated heterocycles. The van der Waals surface area contributed by atoms with Gasteiger partial charge in [-0.2, -0.15) is 3.89 Å². The second-order valence-corrected chi connectivity index (χ2v) is 8.49. The van der Waals surface area contributed by atoms with Gasteiger partial charge < -0.3 is 20.6 Å². The maximum Gasteiger partial charge on any atom is 0.253 e. The second kappa shape index (κ2) is 11.3. The van der Waals surface area contributed by atoms with Gasteiger partial charge in [-0.25, -0.2) is 4.39 Å². The van der Waals surface area contributed by atoms with Crippen LogP contribution in [0, 0.1) is 0 Å². The van der Waals surface area contributed by atoms with Gasteiger partial charge in [-0.1, -0.05) is 24.3 Å². The third kappa shape index (κ3) is 7.11. The summed E-state index contributed by atoms with van der Waals surface area (Å²) in [6, 6.07) is 4.09. The van der Waals surface area contributed by atoms with Crippen LogP contribution in [0.15, 0.2) is 58.7 Å². The zero-order chi connectivity index (χ0) is 23.0. The molecule has 0 bridgehead atoms. The van der Waals surface area contributed by atoms with Crippen molar-refractivity contribution in [1.82, 2.24) is 15.5 Å². The third-order valence-electron chi connectivity index (χ3n) is 5.48. The molecule has 1 aromatic carbocycles. The lowest BCUT2D eigenvalue weighted by Gasteiger charge is -2.36. The minimum Gasteiger partial charge on any atom is -0.507 e. The molecule has 0 saturated carbocycles. The summed E-state index contributed by atoms with van der Waals surface area (Å²) in [5, 5.41) is 15.9. The van der Waals surface area contributed by atoms with E-state index >= 15 is 4.39 Å². The number of nitrogens with one attached hydrogen (secondary N) is 2. The van der Waals surface area contributed by atoms with Gasteiger partial charge in [-0.05, 0) is 37.6 Å². The van der Waals surface area contributed by atoms with E-state index < -0.39 is 5.67 Å². The zero-order valence-corrected chi connectivity index (χ0v) is 19.1. The lowest BCUT2D eigenvalue weighted by molar-refractivity contribution is 0.0438. The Hall–Kier alpha value is -2.32. The van der Waals surface area contributed by atoms with Crippen LogP contribution >= 0.6 is 12.1 Å². The van der Waals surface area contributed by atoms with Crippen LogP contribution in [0.5, 0.6) is 5.75 Å². The number of phenols is 1. The summed E-state index contributed by atoms with van der Waals surface area (Å²) in [7, 11) is 1.82. The first-order valence-electron chi connectivity index (χ1n) is 10.2. The zero-order valence-electron chi connectivity index (χ0n) is 18.3. The number of rotatable bonds is 9. The van der Waals surface area contributed by atoms with Crippen molar-refractivity contribution in [2.24, 2.45) is 0 Å². The van der Waals surface area contributed by atoms with Gasteiger partial charge in [0.15, 0.2) is 0 Å². The number of carbonyl (C=O) groups is 1. The average Bonchev–Trinajstić information content (AvgIpc) is 2.76. The van der Waals surface area contributed by atoms with Gasteiger partial charge in [0.05, 0.1) is 17.0 Å². The van der Waals surface area contributed by atoms with Crippen molar-refractivity contribution in [2.75, 3.05) is 33.2 Å². The molecule has 0 aliphatic carbocycles. The van der Waals surface area contributed by atoms with E-state index in [1.54, 1.807) is 4.90 Å². The van der Waals surface area contributed by atoms with E-state index in [1.165, 1.54) is 18.2 Å². The lowest BCUT2D eigenvalue weighted by Crippen LogP contribution is -2.49. The first-order chi connectivity index (χ1) is 14.7. The summed E-state index contributed by atoms with van der Waals surface area (Å²) in [6.45, 7) is 9.23. The number of likely N-dealkylation sites (tertiary alicyclic amines) is 1. The van der Waals surface area contributed by atoms with Crippen LogP contribution in [0.4, 0.5) is 8.28 Å². The van der Waals surface area contributed by atoms with E-state index in [0.29, 0.717) is 19.6 Å². The number of amides is 1. The molecule has 31 heavy (non-hydrogen) atoms. The minimum atomic E-state index is -1.37. The standard InChI is InChI=1S/C23H31F2N3O2S/c1-16(5-6-17(2)18(3)26-4)14-27-15-23(24)9-11-28(12-10-23)22(30)19-7-8-21(31-25)20(29)13-19/h5-8,13,26-27,29H,3,9-12,14-15H2,1-2,4H3/b16-5+,17-6-. The van der Waals surface area contributed by atoms with E-state index in [1.807, 2.05) is 33.0 Å². The Labute approximate surface area is 187 Å². The Morgan fingerprint density at radius 1 is 1.32 bits per heavy atom. The average molecular weight is 452 g/mol. The van der Waals surface area contributed by atoms with E-state index in [-0.39, 0.29) is 53.6 Å². The summed E-state index contributed by atoms with van der Waals surface area (Å²) >= 11 is -0.0781. The molecule has 5 nitrogen and oxygen atoms in total. The number of likely N-dealkylation sites (N-methyl/N-ethyl adjacent to an activating group) is 1. The van der Waals surface area contributed by atoms with E-state index in [4.69, 9.17) is 0 Å². The van der Waals surface area contributed by atoms with Crippen LogP contribution < -0.4 is 10.6 Å². The van der Waals surface area contributed by atoms with E-state index in [2.05, 4.69) is 17.2 Å². The summed E-state index contributed by atoms with van der Waals surface area (Å²) in [5.41, 5.74) is 1.86. The number of halogens is 2. The predicted octanol–water partition coefficient (Wildman–Crippen LogP) is 4.53. The Kier molecular flexibility index (Phi) is 9.13. The van der Waals surface area contributed by atoms with Crippen molar-refractivity contribution in [3.05, 3.63) is 59.3 Å². The first kappa shape index (κ1) is 24.9. The number of benzene rings is 1. The molecule has 1 aromatic rings. The van der Waals surface area contributed by atoms with Crippen molar-refractivity contribution in [3.63, 3.8) is 0 Å². The van der Waals surface area contributed by atoms with Crippen molar-refractivity contribution in [2.45, 2.75) is 37.3 Å². The number of phenolic OH excluding ortho intramolecular Hbond substituents is 1. The Morgan fingerprint density at radius 2 is 2.00 bits per heavy atom. The van der Waals surface area contributed by atoms with Gasteiger partial charge in [0.2, 0.25) is 0 Å². The lowest BCUT2D eigenvalue weighted by atomic mass is 9.92. The highest BCUT2D eigenvalue weighted by Gasteiger charge is 2.35. The number of carbonyl (C=O) groups excluding carboxylic acids is 1. The molecular formula is C23H31F2N3O2S. The number of aromatic hydroxyl groups is 1. The highest BCUT2D eigenvalue weighted by Crippen LogP contribution is 2.31. The molecule has 1 amide bonds. The Morgan fingerprint density at radius 3 is 2.58 bits per heavy atom. The van der Waals surface area contributed by atoms with Gasteiger partial charge in [0, 0.05) is 57.3 Å². The van der Waals surface area contributed by atoms with Crippen LogP contribution in [-0.4, -0.2) is 54.8 Å². The summed E-state index contributed by atoms with van der Waals surface area (Å²) in [4.78, 5) is 14.2. The maximum absolute atomic E-state index is 15.2. The number of hydrogen-bond donors (Lipinski definition) is 3. The maximum atomic E-state index is 15.2. The van der Waals surface area contributed by atoms with Crippen molar-refractivity contribution >= 4 is 18.1 Å². The van der Waals surface area contributed by atoms with E-state index in [0.717, 1.165) is 16.8 Å². The molecule has 8 heteroatoms. The number of hydrogen-bond acceptors (Lipinski definition) is 5.